The first kappa shape index (κ1) is 15.9. The molecule has 0 amide bonds. The number of halogens is 2. The Labute approximate surface area is 137 Å². The molecule has 0 aliphatic heterocycles. The van der Waals surface area contributed by atoms with Crippen molar-refractivity contribution >= 4 is 39.2 Å². The Morgan fingerprint density at radius 1 is 1.24 bits per heavy atom. The second kappa shape index (κ2) is 6.50. The van der Waals surface area contributed by atoms with Crippen LogP contribution in [0.15, 0.2) is 53.0 Å². The van der Waals surface area contributed by atoms with E-state index in [-0.39, 0.29) is 5.97 Å². The van der Waals surface area contributed by atoms with Gasteiger partial charge in [-0.05, 0) is 42.8 Å². The molecular weight excluding hydrogens is 354 g/mol. The highest BCUT2D eigenvalue weighted by Gasteiger charge is 2.36. The van der Waals surface area contributed by atoms with Gasteiger partial charge >= 0.3 is 5.97 Å². The van der Waals surface area contributed by atoms with E-state index in [1.165, 1.54) is 7.11 Å². The van der Waals surface area contributed by atoms with E-state index in [0.29, 0.717) is 5.02 Å². The zero-order chi connectivity index (χ0) is 15.5. The molecule has 110 valence electrons. The Hall–Kier alpha value is -1.52. The number of rotatable bonds is 4. The van der Waals surface area contributed by atoms with Crippen molar-refractivity contribution in [3.63, 3.8) is 0 Å². The van der Waals surface area contributed by atoms with Gasteiger partial charge in [0, 0.05) is 15.2 Å². The van der Waals surface area contributed by atoms with Gasteiger partial charge in [-0.3, -0.25) is 0 Å². The zero-order valence-electron chi connectivity index (χ0n) is 11.7. The van der Waals surface area contributed by atoms with Gasteiger partial charge in [0.15, 0.2) is 5.54 Å². The smallest absolute Gasteiger partial charge is 0.335 e. The summed E-state index contributed by atoms with van der Waals surface area (Å²) in [5.74, 6) is -0.371. The largest absolute Gasteiger partial charge is 0.467 e. The van der Waals surface area contributed by atoms with Crippen LogP contribution in [-0.2, 0) is 15.1 Å². The van der Waals surface area contributed by atoms with Gasteiger partial charge in [0.1, 0.15) is 0 Å². The molecule has 0 saturated carbocycles. The minimum absolute atomic E-state index is 0.371. The van der Waals surface area contributed by atoms with Gasteiger partial charge in [-0.2, -0.15) is 0 Å². The number of benzene rings is 2. The topological polar surface area (TPSA) is 38.3 Å². The van der Waals surface area contributed by atoms with Gasteiger partial charge in [0.25, 0.3) is 0 Å². The number of nitrogens with one attached hydrogen (secondary N) is 1. The Morgan fingerprint density at radius 2 is 1.90 bits per heavy atom. The Bertz CT molecular complexity index is 645. The van der Waals surface area contributed by atoms with Crippen molar-refractivity contribution in [2.75, 3.05) is 12.4 Å². The first-order valence-corrected chi connectivity index (χ1v) is 7.51. The molecule has 0 aromatic heterocycles. The van der Waals surface area contributed by atoms with E-state index in [2.05, 4.69) is 21.2 Å². The summed E-state index contributed by atoms with van der Waals surface area (Å²) in [5.41, 5.74) is 0.589. The molecule has 1 unspecified atom stereocenters. The van der Waals surface area contributed by atoms with E-state index in [1.54, 1.807) is 19.1 Å². The summed E-state index contributed by atoms with van der Waals surface area (Å²) in [7, 11) is 1.37. The van der Waals surface area contributed by atoms with Crippen molar-refractivity contribution in [2.24, 2.45) is 0 Å². The van der Waals surface area contributed by atoms with Crippen LogP contribution in [-0.4, -0.2) is 13.1 Å². The predicted octanol–water partition coefficient (Wildman–Crippen LogP) is 4.60. The molecule has 0 saturated heterocycles. The monoisotopic (exact) mass is 367 g/mol. The summed E-state index contributed by atoms with van der Waals surface area (Å²) in [6, 6.07) is 14.7. The number of hydrogen-bond acceptors (Lipinski definition) is 3. The molecule has 0 radical (unpaired) electrons. The molecule has 2 aromatic carbocycles. The van der Waals surface area contributed by atoms with E-state index >= 15 is 0 Å². The minimum atomic E-state index is -1.000. The Kier molecular flexibility index (Phi) is 4.91. The fourth-order valence-electron chi connectivity index (χ4n) is 2.08. The van der Waals surface area contributed by atoms with Gasteiger partial charge in [-0.1, -0.05) is 45.7 Å². The maximum Gasteiger partial charge on any atom is 0.335 e. The van der Waals surface area contributed by atoms with Crippen LogP contribution in [0, 0.1) is 0 Å². The molecule has 0 aliphatic rings. The maximum atomic E-state index is 12.3. The second-order valence-electron chi connectivity index (χ2n) is 4.76. The normalized spacial score (nSPS) is 13.3. The van der Waals surface area contributed by atoms with Crippen LogP contribution < -0.4 is 5.32 Å². The third-order valence-electron chi connectivity index (χ3n) is 3.23. The lowest BCUT2D eigenvalue weighted by atomic mass is 9.91. The number of carbonyl (C=O) groups excluding carboxylic acids is 1. The van der Waals surface area contributed by atoms with Crippen LogP contribution in [0.3, 0.4) is 0 Å². The first-order chi connectivity index (χ1) is 9.95. The fourth-order valence-corrected chi connectivity index (χ4v) is 2.61. The van der Waals surface area contributed by atoms with Gasteiger partial charge in [-0.25, -0.2) is 4.79 Å². The van der Waals surface area contributed by atoms with Crippen molar-refractivity contribution in [1.82, 2.24) is 0 Å². The van der Waals surface area contributed by atoms with E-state index < -0.39 is 5.54 Å². The summed E-state index contributed by atoms with van der Waals surface area (Å²) < 4.78 is 5.88. The van der Waals surface area contributed by atoms with Crippen molar-refractivity contribution in [3.8, 4) is 0 Å². The number of carbonyl (C=O) groups is 1. The van der Waals surface area contributed by atoms with Gasteiger partial charge in [0.2, 0.25) is 0 Å². The van der Waals surface area contributed by atoms with Gasteiger partial charge in [0.05, 0.1) is 7.11 Å². The van der Waals surface area contributed by atoms with Crippen LogP contribution in [0.2, 0.25) is 5.02 Å². The average molecular weight is 369 g/mol. The third-order valence-corrected chi connectivity index (χ3v) is 3.98. The van der Waals surface area contributed by atoms with Crippen LogP contribution >= 0.6 is 27.5 Å². The molecule has 5 heteroatoms. The highest BCUT2D eigenvalue weighted by Crippen LogP contribution is 2.29. The molecule has 3 nitrogen and oxygen atoms in total. The summed E-state index contributed by atoms with van der Waals surface area (Å²) in [6.45, 7) is 1.78. The molecule has 2 rings (SSSR count). The standard InChI is InChI=1S/C16H15BrClNO2/c1-16(15(20)21-2,11-6-8-13(18)9-7-11)19-14-5-3-4-12(17)10-14/h3-10,19H,1-2H3. The van der Waals surface area contributed by atoms with Crippen molar-refractivity contribution in [1.29, 1.82) is 0 Å². The predicted molar refractivity (Wildman–Crippen MR) is 88.6 cm³/mol. The molecule has 0 spiro atoms. The first-order valence-electron chi connectivity index (χ1n) is 6.34. The molecule has 2 aromatic rings. The second-order valence-corrected chi connectivity index (χ2v) is 6.11. The van der Waals surface area contributed by atoms with Crippen molar-refractivity contribution < 1.29 is 9.53 Å². The van der Waals surface area contributed by atoms with Crippen molar-refractivity contribution in [3.05, 3.63) is 63.6 Å². The van der Waals surface area contributed by atoms with Crippen LogP contribution in [0.5, 0.6) is 0 Å². The van der Waals surface area contributed by atoms with E-state index in [1.807, 2.05) is 36.4 Å². The average Bonchev–Trinajstić information content (AvgIpc) is 2.46. The quantitative estimate of drug-likeness (QED) is 0.801. The summed E-state index contributed by atoms with van der Waals surface area (Å²) in [6.07, 6.45) is 0. The Balaban J connectivity index is 2.42. The lowest BCUT2D eigenvalue weighted by Gasteiger charge is -2.29. The lowest BCUT2D eigenvalue weighted by molar-refractivity contribution is -0.145. The maximum absolute atomic E-state index is 12.3. The minimum Gasteiger partial charge on any atom is -0.467 e. The van der Waals surface area contributed by atoms with Crippen LogP contribution in [0.1, 0.15) is 12.5 Å². The molecule has 0 bridgehead atoms. The highest BCUT2D eigenvalue weighted by atomic mass is 79.9. The molecule has 1 N–H and O–H groups in total. The van der Waals surface area contributed by atoms with E-state index in [4.69, 9.17) is 16.3 Å². The fraction of sp³-hybridized carbons (Fsp3) is 0.188. The molecule has 21 heavy (non-hydrogen) atoms. The molecule has 1 atom stereocenters. The summed E-state index contributed by atoms with van der Waals surface area (Å²) in [4.78, 5) is 12.3. The summed E-state index contributed by atoms with van der Waals surface area (Å²) in [5, 5.41) is 3.85. The number of ether oxygens (including phenoxy) is 1. The van der Waals surface area contributed by atoms with Gasteiger partial charge < -0.3 is 10.1 Å². The molecule has 0 aliphatic carbocycles. The molecule has 0 heterocycles. The van der Waals surface area contributed by atoms with E-state index in [9.17, 15) is 4.79 Å². The Morgan fingerprint density at radius 3 is 2.48 bits per heavy atom. The highest BCUT2D eigenvalue weighted by molar-refractivity contribution is 9.10. The SMILES string of the molecule is COC(=O)C(C)(Nc1cccc(Br)c1)c1ccc(Cl)cc1. The van der Waals surface area contributed by atoms with Crippen LogP contribution in [0.25, 0.3) is 0 Å². The number of hydrogen-bond donors (Lipinski definition) is 1. The molecular formula is C16H15BrClNO2. The van der Waals surface area contributed by atoms with Crippen molar-refractivity contribution in [2.45, 2.75) is 12.5 Å². The van der Waals surface area contributed by atoms with E-state index in [0.717, 1.165) is 15.7 Å². The summed E-state index contributed by atoms with van der Waals surface area (Å²) >= 11 is 9.33. The third kappa shape index (κ3) is 3.57. The number of esters is 1. The number of anilines is 1. The van der Waals surface area contributed by atoms with Gasteiger partial charge in [-0.15, -0.1) is 0 Å². The molecule has 0 fully saturated rings. The van der Waals surface area contributed by atoms with Crippen LogP contribution in [0.4, 0.5) is 5.69 Å². The lowest BCUT2D eigenvalue weighted by Crippen LogP contribution is -2.41. The zero-order valence-corrected chi connectivity index (χ0v) is 14.0. The number of methoxy groups -OCH3 is 1.